The summed E-state index contributed by atoms with van der Waals surface area (Å²) >= 11 is 0. The Kier molecular flexibility index (Phi) is 4.97. The zero-order valence-electron chi connectivity index (χ0n) is 14.6. The van der Waals surface area contributed by atoms with Crippen LogP contribution in [0.15, 0.2) is 47.2 Å². The molecule has 10 nitrogen and oxygen atoms in total. The van der Waals surface area contributed by atoms with E-state index in [-0.39, 0.29) is 17.4 Å². The lowest BCUT2D eigenvalue weighted by Crippen LogP contribution is -2.07. The van der Waals surface area contributed by atoms with Crippen LogP contribution < -0.4 is 11.2 Å². The van der Waals surface area contributed by atoms with Gasteiger partial charge in [0.15, 0.2) is 0 Å². The molecular weight excluding hydrogens is 348 g/mol. The van der Waals surface area contributed by atoms with Crippen LogP contribution in [-0.4, -0.2) is 36.6 Å². The zero-order chi connectivity index (χ0) is 19.4. The summed E-state index contributed by atoms with van der Waals surface area (Å²) in [4.78, 5) is 0. The van der Waals surface area contributed by atoms with Gasteiger partial charge in [-0.25, -0.2) is 4.63 Å². The van der Waals surface area contributed by atoms with Crippen LogP contribution in [0.2, 0.25) is 0 Å². The summed E-state index contributed by atoms with van der Waals surface area (Å²) in [6.07, 6.45) is 3.78. The molecule has 0 radical (unpaired) electrons. The highest BCUT2D eigenvalue weighted by molar-refractivity contribution is 5.84. The van der Waals surface area contributed by atoms with Gasteiger partial charge < -0.3 is 10.8 Å². The van der Waals surface area contributed by atoms with Gasteiger partial charge in [-0.15, -0.1) is 11.7 Å². The summed E-state index contributed by atoms with van der Waals surface area (Å²) in [5, 5.41) is 29.6. The first-order valence-corrected chi connectivity index (χ1v) is 7.93. The number of benzene rings is 1. The third-order valence-electron chi connectivity index (χ3n) is 3.79. The third-order valence-corrected chi connectivity index (χ3v) is 3.79. The molecule has 0 aliphatic heterocycles. The lowest BCUT2D eigenvalue weighted by Gasteiger charge is -2.05. The van der Waals surface area contributed by atoms with Crippen molar-refractivity contribution < 1.29 is 9.74 Å². The lowest BCUT2D eigenvalue weighted by molar-refractivity contribution is 0.306. The molecule has 0 unspecified atom stereocenters. The van der Waals surface area contributed by atoms with Crippen LogP contribution in [0, 0.1) is 6.92 Å². The van der Waals surface area contributed by atoms with Crippen molar-refractivity contribution in [3.63, 3.8) is 0 Å². The Morgan fingerprint density at radius 1 is 1.44 bits per heavy atom. The highest BCUT2D eigenvalue weighted by Gasteiger charge is 2.17. The summed E-state index contributed by atoms with van der Waals surface area (Å²) in [5.41, 5.74) is 11.3. The molecule has 10 heteroatoms. The van der Waals surface area contributed by atoms with Crippen molar-refractivity contribution >= 4 is 17.7 Å². The topological polar surface area (TPSA) is 140 Å². The average Bonchev–Trinajstić information content (AvgIpc) is 3.23. The molecule has 138 valence electrons. The fourth-order valence-corrected chi connectivity index (χ4v) is 2.42. The largest absolute Gasteiger partial charge is 0.507 e. The number of hydrogen-bond acceptors (Lipinski definition) is 9. The molecule has 4 N–H and O–H groups in total. The van der Waals surface area contributed by atoms with Gasteiger partial charge >= 0.3 is 0 Å². The van der Waals surface area contributed by atoms with Crippen molar-refractivity contribution in [1.29, 1.82) is 0 Å². The minimum absolute atomic E-state index is 0.0982. The maximum atomic E-state index is 10.2. The van der Waals surface area contributed by atoms with Gasteiger partial charge in [-0.3, -0.25) is 5.43 Å². The molecule has 1 aromatic carbocycles. The maximum Gasteiger partial charge on any atom is 0.243 e. The Hall–Kier alpha value is -3.95. The van der Waals surface area contributed by atoms with Gasteiger partial charge in [0.2, 0.25) is 11.6 Å². The van der Waals surface area contributed by atoms with Crippen LogP contribution in [-0.2, 0) is 6.42 Å². The van der Waals surface area contributed by atoms with Crippen LogP contribution in [0.3, 0.4) is 0 Å². The molecule has 2 heterocycles. The van der Waals surface area contributed by atoms with E-state index in [0.717, 1.165) is 5.56 Å². The number of rotatable bonds is 7. The van der Waals surface area contributed by atoms with Crippen LogP contribution in [0.1, 0.15) is 22.5 Å². The molecule has 3 aromatic rings. The Bertz CT molecular complexity index is 1020. The van der Waals surface area contributed by atoms with Crippen LogP contribution >= 0.6 is 0 Å². The zero-order valence-corrected chi connectivity index (χ0v) is 14.6. The highest BCUT2D eigenvalue weighted by Crippen LogP contribution is 2.22. The van der Waals surface area contributed by atoms with Crippen molar-refractivity contribution in [2.75, 3.05) is 5.73 Å². The fourth-order valence-electron chi connectivity index (χ4n) is 2.42. The molecule has 0 fully saturated rings. The smallest absolute Gasteiger partial charge is 0.243 e. The number of hydrogen-bond donors (Lipinski definition) is 3. The van der Waals surface area contributed by atoms with Gasteiger partial charge in [0.25, 0.3) is 0 Å². The quantitative estimate of drug-likeness (QED) is 0.325. The second kappa shape index (κ2) is 7.52. The van der Waals surface area contributed by atoms with Gasteiger partial charge in [0.1, 0.15) is 11.4 Å². The number of phenols is 1. The number of para-hydroxylation sites is 1. The van der Waals surface area contributed by atoms with Crippen molar-refractivity contribution in [1.82, 2.24) is 30.7 Å². The molecule has 0 amide bonds. The van der Waals surface area contributed by atoms with Crippen LogP contribution in [0.5, 0.6) is 5.75 Å². The minimum atomic E-state index is 0.0982. The van der Waals surface area contributed by atoms with E-state index in [1.54, 1.807) is 19.1 Å². The van der Waals surface area contributed by atoms with E-state index in [0.29, 0.717) is 29.1 Å². The summed E-state index contributed by atoms with van der Waals surface area (Å²) in [7, 11) is 0. The number of hydrazone groups is 1. The SMILES string of the molecule is C=CCc1cccc(C=NNC(=C)c2nnn(-c3nonc3N)c2C)c1O. The Labute approximate surface area is 154 Å². The highest BCUT2D eigenvalue weighted by atomic mass is 16.6. The first-order valence-electron chi connectivity index (χ1n) is 7.93. The normalized spacial score (nSPS) is 11.0. The molecule has 27 heavy (non-hydrogen) atoms. The molecule has 0 spiro atoms. The Morgan fingerprint density at radius 2 is 2.26 bits per heavy atom. The Morgan fingerprint density at radius 3 is 2.96 bits per heavy atom. The number of aromatic hydroxyl groups is 1. The second-order valence-corrected chi connectivity index (χ2v) is 5.60. The number of nitrogens with two attached hydrogens (primary N) is 1. The molecule has 0 aliphatic carbocycles. The molecule has 0 saturated carbocycles. The number of aromatic nitrogens is 5. The molecule has 0 atom stereocenters. The number of nitrogens with zero attached hydrogens (tertiary/aromatic N) is 6. The number of nitrogen functional groups attached to an aromatic ring is 1. The molecule has 3 rings (SSSR count). The molecule has 0 aliphatic rings. The van der Waals surface area contributed by atoms with Crippen molar-refractivity contribution in [3.8, 4) is 11.6 Å². The summed E-state index contributed by atoms with van der Waals surface area (Å²) in [6, 6.07) is 5.41. The standard InChI is InChI=1S/C17H18N8O2/c1-4-6-12-7-5-8-13(15(12)26)9-19-20-10(2)14-11(3)25(24-21-14)17-16(18)22-27-23-17/h4-5,7-9,20,26H,1-2,6H2,3H3,(H2,18,22). The number of anilines is 1. The number of nitrogens with one attached hydrogen (secondary N) is 1. The van der Waals surface area contributed by atoms with Gasteiger partial charge in [-0.05, 0) is 35.3 Å². The van der Waals surface area contributed by atoms with E-state index in [2.05, 4.69) is 48.9 Å². The van der Waals surface area contributed by atoms with Gasteiger partial charge in [-0.2, -0.15) is 9.78 Å². The predicted molar refractivity (Wildman–Crippen MR) is 100 cm³/mol. The summed E-state index contributed by atoms with van der Waals surface area (Å²) in [5.74, 6) is 0.497. The van der Waals surface area contributed by atoms with E-state index in [1.165, 1.54) is 10.9 Å². The van der Waals surface area contributed by atoms with Gasteiger partial charge in [0, 0.05) is 5.56 Å². The molecule has 0 saturated heterocycles. The summed E-state index contributed by atoms with van der Waals surface area (Å²) < 4.78 is 5.96. The number of allylic oxidation sites excluding steroid dienone is 1. The predicted octanol–water partition coefficient (Wildman–Crippen LogP) is 1.57. The van der Waals surface area contributed by atoms with E-state index in [1.807, 2.05) is 12.1 Å². The van der Waals surface area contributed by atoms with Crippen molar-refractivity contribution in [2.24, 2.45) is 5.10 Å². The molecule has 2 aromatic heterocycles. The molecular formula is C17H18N8O2. The van der Waals surface area contributed by atoms with Crippen LogP contribution in [0.4, 0.5) is 5.82 Å². The van der Waals surface area contributed by atoms with Crippen LogP contribution in [0.25, 0.3) is 11.5 Å². The van der Waals surface area contributed by atoms with Gasteiger partial charge in [-0.1, -0.05) is 30.0 Å². The van der Waals surface area contributed by atoms with Crippen molar-refractivity contribution in [2.45, 2.75) is 13.3 Å². The first-order chi connectivity index (χ1) is 13.0. The fraction of sp³-hybridized carbons (Fsp3) is 0.118. The summed E-state index contributed by atoms with van der Waals surface area (Å²) in [6.45, 7) is 9.34. The maximum absolute atomic E-state index is 10.2. The van der Waals surface area contributed by atoms with Gasteiger partial charge in [0.05, 0.1) is 17.6 Å². The Balaban J connectivity index is 1.75. The van der Waals surface area contributed by atoms with E-state index in [4.69, 9.17) is 5.73 Å². The lowest BCUT2D eigenvalue weighted by atomic mass is 10.1. The first kappa shape index (κ1) is 17.9. The van der Waals surface area contributed by atoms with E-state index in [9.17, 15) is 5.11 Å². The third kappa shape index (κ3) is 3.54. The number of phenolic OH excluding ortho intramolecular Hbond substituents is 1. The van der Waals surface area contributed by atoms with E-state index < -0.39 is 0 Å². The monoisotopic (exact) mass is 366 g/mol. The molecule has 0 bridgehead atoms. The minimum Gasteiger partial charge on any atom is -0.507 e. The van der Waals surface area contributed by atoms with E-state index >= 15 is 0 Å². The van der Waals surface area contributed by atoms with Crippen molar-refractivity contribution in [3.05, 3.63) is 59.9 Å². The second-order valence-electron chi connectivity index (χ2n) is 5.60. The average molecular weight is 366 g/mol.